The lowest BCUT2D eigenvalue weighted by Crippen LogP contribution is -2.47. The number of ether oxygens (including phenoxy) is 1. The summed E-state index contributed by atoms with van der Waals surface area (Å²) >= 11 is 5.75. The van der Waals surface area contributed by atoms with Gasteiger partial charge in [-0.2, -0.15) is 0 Å². The van der Waals surface area contributed by atoms with Gasteiger partial charge in [0.2, 0.25) is 0 Å². The smallest absolute Gasteiger partial charge is 0.329 e. The number of esters is 1. The lowest BCUT2D eigenvalue weighted by Gasteiger charge is -2.26. The lowest BCUT2D eigenvalue weighted by atomic mass is 10.0. The number of rotatable bonds is 4. The summed E-state index contributed by atoms with van der Waals surface area (Å²) in [5.74, 6) is -0.917. The van der Waals surface area contributed by atoms with E-state index in [0.29, 0.717) is 10.7 Å². The third-order valence-electron chi connectivity index (χ3n) is 2.51. The highest BCUT2D eigenvalue weighted by Gasteiger charge is 2.29. The van der Waals surface area contributed by atoms with Gasteiger partial charge < -0.3 is 15.0 Å². The number of H-pyrrole nitrogens is 1. The van der Waals surface area contributed by atoms with Crippen LogP contribution in [0.4, 0.5) is 0 Å². The van der Waals surface area contributed by atoms with E-state index in [2.05, 4.69) is 10.3 Å². The van der Waals surface area contributed by atoms with Crippen LogP contribution in [0, 0.1) is 5.92 Å². The Labute approximate surface area is 124 Å². The van der Waals surface area contributed by atoms with Gasteiger partial charge >= 0.3 is 5.97 Å². The van der Waals surface area contributed by atoms with E-state index in [1.54, 1.807) is 20.8 Å². The molecule has 1 heterocycles. The topological polar surface area (TPSA) is 71.2 Å². The Bertz CT molecular complexity index is 489. The van der Waals surface area contributed by atoms with Crippen molar-refractivity contribution in [3.63, 3.8) is 0 Å². The number of hydrogen-bond donors (Lipinski definition) is 2. The van der Waals surface area contributed by atoms with Gasteiger partial charge in [0.25, 0.3) is 5.91 Å². The molecular formula is C14H21ClN2O3. The van der Waals surface area contributed by atoms with Gasteiger partial charge in [0.05, 0.1) is 5.02 Å². The highest BCUT2D eigenvalue weighted by Crippen LogP contribution is 2.14. The van der Waals surface area contributed by atoms with Crippen molar-refractivity contribution in [2.24, 2.45) is 5.92 Å². The first-order chi connectivity index (χ1) is 9.10. The number of hydrogen-bond acceptors (Lipinski definition) is 3. The Morgan fingerprint density at radius 3 is 2.35 bits per heavy atom. The standard InChI is InChI=1S/C14H21ClN2O3/c1-8(2)11(13(19)20-14(3,4)5)17-12(18)10-6-9(15)7-16-10/h6-8,11,16H,1-5H3,(H,17,18)/t11-/m0/s1. The molecule has 0 aliphatic rings. The first-order valence-corrected chi connectivity index (χ1v) is 6.85. The van der Waals surface area contributed by atoms with Crippen molar-refractivity contribution in [1.29, 1.82) is 0 Å². The first-order valence-electron chi connectivity index (χ1n) is 6.48. The fraction of sp³-hybridized carbons (Fsp3) is 0.571. The molecule has 0 bridgehead atoms. The molecule has 0 fully saturated rings. The first kappa shape index (κ1) is 16.6. The zero-order valence-corrected chi connectivity index (χ0v) is 13.2. The molecule has 1 rings (SSSR count). The summed E-state index contributed by atoms with van der Waals surface area (Å²) in [6.07, 6.45) is 1.51. The Kier molecular flexibility index (Phi) is 5.22. The van der Waals surface area contributed by atoms with Crippen molar-refractivity contribution < 1.29 is 14.3 Å². The van der Waals surface area contributed by atoms with Gasteiger partial charge in [-0.05, 0) is 32.8 Å². The average molecular weight is 301 g/mol. The van der Waals surface area contributed by atoms with Gasteiger partial charge in [0, 0.05) is 6.20 Å². The van der Waals surface area contributed by atoms with Gasteiger partial charge in [-0.3, -0.25) is 4.79 Å². The molecular weight excluding hydrogens is 280 g/mol. The quantitative estimate of drug-likeness (QED) is 0.840. The summed E-state index contributed by atoms with van der Waals surface area (Å²) in [6.45, 7) is 9.05. The van der Waals surface area contributed by atoms with Crippen LogP contribution in [0.1, 0.15) is 45.1 Å². The molecule has 1 aromatic heterocycles. The predicted molar refractivity (Wildman–Crippen MR) is 77.7 cm³/mol. The second kappa shape index (κ2) is 6.31. The van der Waals surface area contributed by atoms with Crippen LogP contribution in [-0.4, -0.2) is 28.5 Å². The van der Waals surface area contributed by atoms with Crippen molar-refractivity contribution in [3.05, 3.63) is 23.0 Å². The zero-order chi connectivity index (χ0) is 15.5. The number of carbonyl (C=O) groups excluding carboxylic acids is 2. The molecule has 0 radical (unpaired) electrons. The van der Waals surface area contributed by atoms with Crippen molar-refractivity contribution >= 4 is 23.5 Å². The molecule has 1 amide bonds. The Hall–Kier alpha value is -1.49. The molecule has 1 atom stereocenters. The van der Waals surface area contributed by atoms with Crippen molar-refractivity contribution in [3.8, 4) is 0 Å². The molecule has 0 unspecified atom stereocenters. The number of carbonyl (C=O) groups is 2. The van der Waals surface area contributed by atoms with E-state index in [4.69, 9.17) is 16.3 Å². The summed E-state index contributed by atoms with van der Waals surface area (Å²) < 4.78 is 5.31. The van der Waals surface area contributed by atoms with Gasteiger partial charge in [-0.15, -0.1) is 0 Å². The number of amides is 1. The third kappa shape index (κ3) is 4.89. The number of aromatic nitrogens is 1. The number of aromatic amines is 1. The maximum absolute atomic E-state index is 12.1. The second-order valence-electron chi connectivity index (χ2n) is 5.96. The van der Waals surface area contributed by atoms with Crippen molar-refractivity contribution in [1.82, 2.24) is 10.3 Å². The predicted octanol–water partition coefficient (Wildman–Crippen LogP) is 2.76. The minimum absolute atomic E-state index is 0.0840. The average Bonchev–Trinajstić information content (AvgIpc) is 2.69. The SMILES string of the molecule is CC(C)[C@H](NC(=O)c1cc(Cl)c[nH]1)C(=O)OC(C)(C)C. The zero-order valence-electron chi connectivity index (χ0n) is 12.4. The fourth-order valence-corrected chi connectivity index (χ4v) is 1.74. The van der Waals surface area contributed by atoms with E-state index in [-0.39, 0.29) is 11.8 Å². The van der Waals surface area contributed by atoms with Crippen molar-refractivity contribution in [2.75, 3.05) is 0 Å². The van der Waals surface area contributed by atoms with Gasteiger partial charge in [-0.1, -0.05) is 25.4 Å². The summed E-state index contributed by atoms with van der Waals surface area (Å²) in [5, 5.41) is 3.10. The Balaban J connectivity index is 2.77. The molecule has 0 aromatic carbocycles. The highest BCUT2D eigenvalue weighted by molar-refractivity contribution is 6.31. The molecule has 0 aliphatic carbocycles. The van der Waals surface area contributed by atoms with Crippen LogP contribution in [-0.2, 0) is 9.53 Å². The summed E-state index contributed by atoms with van der Waals surface area (Å²) in [4.78, 5) is 26.9. The molecule has 112 valence electrons. The van der Waals surface area contributed by atoms with E-state index in [1.165, 1.54) is 12.3 Å². The molecule has 0 saturated heterocycles. The second-order valence-corrected chi connectivity index (χ2v) is 6.40. The summed E-state index contributed by atoms with van der Waals surface area (Å²) in [5.41, 5.74) is -0.283. The van der Waals surface area contributed by atoms with Crippen LogP contribution >= 0.6 is 11.6 Å². The number of nitrogens with one attached hydrogen (secondary N) is 2. The van der Waals surface area contributed by atoms with Crippen LogP contribution in [0.3, 0.4) is 0 Å². The van der Waals surface area contributed by atoms with Crippen LogP contribution in [0.2, 0.25) is 5.02 Å². The normalized spacial score (nSPS) is 13.2. The van der Waals surface area contributed by atoms with E-state index >= 15 is 0 Å². The van der Waals surface area contributed by atoms with Crippen LogP contribution < -0.4 is 5.32 Å². The monoisotopic (exact) mass is 300 g/mol. The largest absolute Gasteiger partial charge is 0.458 e. The van der Waals surface area contributed by atoms with E-state index in [9.17, 15) is 9.59 Å². The lowest BCUT2D eigenvalue weighted by molar-refractivity contribution is -0.158. The minimum atomic E-state index is -0.705. The van der Waals surface area contributed by atoms with E-state index < -0.39 is 17.6 Å². The third-order valence-corrected chi connectivity index (χ3v) is 2.72. The maximum Gasteiger partial charge on any atom is 0.329 e. The van der Waals surface area contributed by atoms with E-state index in [0.717, 1.165) is 0 Å². The molecule has 2 N–H and O–H groups in total. The summed E-state index contributed by atoms with van der Waals surface area (Å²) in [6, 6.07) is 0.799. The molecule has 0 spiro atoms. The van der Waals surface area contributed by atoms with Crippen LogP contribution in [0.25, 0.3) is 0 Å². The molecule has 0 aliphatic heterocycles. The van der Waals surface area contributed by atoms with Crippen molar-refractivity contribution in [2.45, 2.75) is 46.3 Å². The minimum Gasteiger partial charge on any atom is -0.458 e. The molecule has 6 heteroatoms. The van der Waals surface area contributed by atoms with E-state index in [1.807, 2.05) is 13.8 Å². The van der Waals surface area contributed by atoms with Crippen LogP contribution in [0.15, 0.2) is 12.3 Å². The Morgan fingerprint density at radius 2 is 1.95 bits per heavy atom. The van der Waals surface area contributed by atoms with Crippen LogP contribution in [0.5, 0.6) is 0 Å². The highest BCUT2D eigenvalue weighted by atomic mass is 35.5. The summed E-state index contributed by atoms with van der Waals surface area (Å²) in [7, 11) is 0. The van der Waals surface area contributed by atoms with Gasteiger partial charge in [0.15, 0.2) is 0 Å². The molecule has 1 aromatic rings. The molecule has 0 saturated carbocycles. The maximum atomic E-state index is 12.1. The number of halogens is 1. The van der Waals surface area contributed by atoms with Gasteiger partial charge in [-0.25, -0.2) is 4.79 Å². The molecule has 5 nitrogen and oxygen atoms in total. The molecule has 20 heavy (non-hydrogen) atoms. The van der Waals surface area contributed by atoms with Gasteiger partial charge in [0.1, 0.15) is 17.3 Å². The Morgan fingerprint density at radius 1 is 1.35 bits per heavy atom. The fourth-order valence-electron chi connectivity index (χ4n) is 1.58.